The van der Waals surface area contributed by atoms with Gasteiger partial charge in [0, 0.05) is 20.2 Å². The molecule has 1 aromatic carbocycles. The second-order valence-electron chi connectivity index (χ2n) is 5.40. The van der Waals surface area contributed by atoms with Gasteiger partial charge in [-0.05, 0) is 37.1 Å². The van der Waals surface area contributed by atoms with Crippen molar-refractivity contribution in [3.05, 3.63) is 23.8 Å². The summed E-state index contributed by atoms with van der Waals surface area (Å²) in [5.74, 6) is -0.00818. The second-order valence-corrected chi connectivity index (χ2v) is 5.40. The van der Waals surface area contributed by atoms with Crippen LogP contribution in [0.25, 0.3) is 0 Å². The van der Waals surface area contributed by atoms with Crippen LogP contribution in [0.2, 0.25) is 0 Å². The van der Waals surface area contributed by atoms with Crippen LogP contribution in [0.15, 0.2) is 18.2 Å². The molecular formula is C16H23NO5. The molecule has 122 valence electrons. The summed E-state index contributed by atoms with van der Waals surface area (Å²) in [5.41, 5.74) is 1.11. The van der Waals surface area contributed by atoms with E-state index in [9.17, 15) is 4.79 Å². The molecule has 1 saturated heterocycles. The molecule has 1 atom stereocenters. The minimum atomic E-state index is -1.01. The number of hydrogen-bond donors (Lipinski definition) is 1. The Kier molecular flexibility index (Phi) is 6.03. The molecule has 6 nitrogen and oxygen atoms in total. The van der Waals surface area contributed by atoms with Gasteiger partial charge in [0.2, 0.25) is 0 Å². The predicted octanol–water partition coefficient (Wildman–Crippen LogP) is 1.77. The predicted molar refractivity (Wildman–Crippen MR) is 81.4 cm³/mol. The molecule has 0 unspecified atom stereocenters. The van der Waals surface area contributed by atoms with Crippen molar-refractivity contribution < 1.29 is 24.1 Å². The Hall–Kier alpha value is -1.79. The highest BCUT2D eigenvalue weighted by Gasteiger charge is 2.19. The van der Waals surface area contributed by atoms with Crippen molar-refractivity contribution in [2.75, 3.05) is 33.9 Å². The summed E-state index contributed by atoms with van der Waals surface area (Å²) in [7, 11) is 3.31. The van der Waals surface area contributed by atoms with Crippen LogP contribution in [0.3, 0.4) is 0 Å². The molecule has 1 heterocycles. The molecule has 22 heavy (non-hydrogen) atoms. The zero-order valence-electron chi connectivity index (χ0n) is 13.1. The van der Waals surface area contributed by atoms with Crippen LogP contribution in [0, 0.1) is 0 Å². The van der Waals surface area contributed by atoms with Crippen molar-refractivity contribution in [1.29, 1.82) is 0 Å². The Labute approximate surface area is 130 Å². The molecule has 0 amide bonds. The molecule has 1 aliphatic heterocycles. The highest BCUT2D eigenvalue weighted by molar-refractivity contribution is 5.68. The molecule has 0 saturated carbocycles. The lowest BCUT2D eigenvalue weighted by Crippen LogP contribution is -2.38. The van der Waals surface area contributed by atoms with Gasteiger partial charge in [-0.1, -0.05) is 6.07 Å². The first kappa shape index (κ1) is 16.6. The maximum atomic E-state index is 10.6. The second kappa shape index (κ2) is 8.00. The minimum absolute atomic E-state index is 0.300. The quantitative estimate of drug-likeness (QED) is 0.828. The lowest BCUT2D eigenvalue weighted by Gasteiger charge is -2.31. The van der Waals surface area contributed by atoms with Crippen molar-refractivity contribution in [3.8, 4) is 11.5 Å². The van der Waals surface area contributed by atoms with E-state index in [4.69, 9.17) is 19.3 Å². The Morgan fingerprint density at radius 1 is 1.36 bits per heavy atom. The highest BCUT2D eigenvalue weighted by atomic mass is 16.5. The molecule has 1 aromatic rings. The normalized spacial score (nSPS) is 18.9. The minimum Gasteiger partial charge on any atom is -0.493 e. The number of piperidine rings is 1. The standard InChI is InChI=1S/C16H23NO5/c1-20-13-4-3-7-17(10-13)9-12-5-6-14(15(8-12)21-2)22-11-16(18)19/h5-6,8,13H,3-4,7,9-11H2,1-2H3,(H,18,19)/t13-/m1/s1. The number of carbonyl (C=O) groups is 1. The van der Waals surface area contributed by atoms with E-state index in [0.717, 1.165) is 38.0 Å². The Morgan fingerprint density at radius 2 is 2.18 bits per heavy atom. The SMILES string of the molecule is COc1cc(CN2CCC[C@@H](OC)C2)ccc1OCC(=O)O. The fraction of sp³-hybridized carbons (Fsp3) is 0.562. The third-order valence-corrected chi connectivity index (χ3v) is 3.78. The number of aliphatic carboxylic acids is 1. The average molecular weight is 309 g/mol. The largest absolute Gasteiger partial charge is 0.493 e. The van der Waals surface area contributed by atoms with E-state index < -0.39 is 5.97 Å². The highest BCUT2D eigenvalue weighted by Crippen LogP contribution is 2.29. The first-order valence-electron chi connectivity index (χ1n) is 7.39. The number of carboxylic acid groups (broad SMARTS) is 1. The molecule has 1 aliphatic rings. The fourth-order valence-corrected chi connectivity index (χ4v) is 2.68. The van der Waals surface area contributed by atoms with Gasteiger partial charge in [-0.15, -0.1) is 0 Å². The van der Waals surface area contributed by atoms with E-state index in [0.29, 0.717) is 17.6 Å². The van der Waals surface area contributed by atoms with Gasteiger partial charge in [0.1, 0.15) is 0 Å². The molecule has 0 aliphatic carbocycles. The fourth-order valence-electron chi connectivity index (χ4n) is 2.68. The van der Waals surface area contributed by atoms with Crippen LogP contribution >= 0.6 is 0 Å². The molecular weight excluding hydrogens is 286 g/mol. The number of likely N-dealkylation sites (tertiary alicyclic amines) is 1. The molecule has 6 heteroatoms. The van der Waals surface area contributed by atoms with Gasteiger partial charge in [0.15, 0.2) is 18.1 Å². The molecule has 2 rings (SSSR count). The first-order valence-corrected chi connectivity index (χ1v) is 7.39. The van der Waals surface area contributed by atoms with Crippen molar-refractivity contribution in [2.24, 2.45) is 0 Å². The number of carboxylic acids is 1. The zero-order chi connectivity index (χ0) is 15.9. The topological polar surface area (TPSA) is 68.2 Å². The number of rotatable bonds is 7. The summed E-state index contributed by atoms with van der Waals surface area (Å²) in [6.45, 7) is 2.42. The van der Waals surface area contributed by atoms with Crippen molar-refractivity contribution in [3.63, 3.8) is 0 Å². The molecule has 0 spiro atoms. The van der Waals surface area contributed by atoms with Crippen LogP contribution in [-0.4, -0.2) is 56.0 Å². The number of nitrogens with zero attached hydrogens (tertiary/aromatic N) is 1. The molecule has 1 N–H and O–H groups in total. The van der Waals surface area contributed by atoms with Crippen molar-refractivity contribution in [1.82, 2.24) is 4.90 Å². The zero-order valence-corrected chi connectivity index (χ0v) is 13.1. The van der Waals surface area contributed by atoms with E-state index >= 15 is 0 Å². The van der Waals surface area contributed by atoms with Gasteiger partial charge >= 0.3 is 5.97 Å². The van der Waals surface area contributed by atoms with Gasteiger partial charge in [-0.25, -0.2) is 4.79 Å². The van der Waals surface area contributed by atoms with Crippen LogP contribution in [-0.2, 0) is 16.1 Å². The number of ether oxygens (including phenoxy) is 3. The van der Waals surface area contributed by atoms with Gasteiger partial charge in [-0.2, -0.15) is 0 Å². The van der Waals surface area contributed by atoms with Gasteiger partial charge in [0.05, 0.1) is 13.2 Å². The van der Waals surface area contributed by atoms with Crippen LogP contribution in [0.5, 0.6) is 11.5 Å². The summed E-state index contributed by atoms with van der Waals surface area (Å²) in [5, 5.41) is 8.67. The maximum absolute atomic E-state index is 10.6. The number of benzene rings is 1. The molecule has 0 bridgehead atoms. The third-order valence-electron chi connectivity index (χ3n) is 3.78. The Morgan fingerprint density at radius 3 is 2.86 bits per heavy atom. The van der Waals surface area contributed by atoms with Crippen molar-refractivity contribution >= 4 is 5.97 Å². The number of hydrogen-bond acceptors (Lipinski definition) is 5. The molecule has 0 radical (unpaired) electrons. The van der Waals surface area contributed by atoms with E-state index in [1.807, 2.05) is 12.1 Å². The maximum Gasteiger partial charge on any atom is 0.341 e. The summed E-state index contributed by atoms with van der Waals surface area (Å²) in [4.78, 5) is 12.9. The Bertz CT molecular complexity index is 505. The summed E-state index contributed by atoms with van der Waals surface area (Å²) in [6.07, 6.45) is 2.54. The van der Waals surface area contributed by atoms with Crippen molar-refractivity contribution in [2.45, 2.75) is 25.5 Å². The van der Waals surface area contributed by atoms with E-state index in [1.54, 1.807) is 20.3 Å². The third kappa shape index (κ3) is 4.61. The summed E-state index contributed by atoms with van der Waals surface area (Å²) < 4.78 is 15.9. The first-order chi connectivity index (χ1) is 10.6. The molecule has 1 fully saturated rings. The lowest BCUT2D eigenvalue weighted by atomic mass is 10.1. The summed E-state index contributed by atoms with van der Waals surface area (Å²) >= 11 is 0. The number of methoxy groups -OCH3 is 2. The summed E-state index contributed by atoms with van der Waals surface area (Å²) in [6, 6.07) is 5.60. The van der Waals surface area contributed by atoms with Gasteiger partial charge < -0.3 is 19.3 Å². The van der Waals surface area contributed by atoms with Crippen LogP contribution in [0.1, 0.15) is 18.4 Å². The smallest absolute Gasteiger partial charge is 0.341 e. The average Bonchev–Trinajstić information content (AvgIpc) is 2.53. The Balaban J connectivity index is 2.00. The van der Waals surface area contributed by atoms with Crippen LogP contribution in [0.4, 0.5) is 0 Å². The molecule has 0 aromatic heterocycles. The van der Waals surface area contributed by atoms with Gasteiger partial charge in [-0.3, -0.25) is 4.90 Å². The van der Waals surface area contributed by atoms with Gasteiger partial charge in [0.25, 0.3) is 0 Å². The van der Waals surface area contributed by atoms with E-state index in [2.05, 4.69) is 4.90 Å². The monoisotopic (exact) mass is 309 g/mol. The van der Waals surface area contributed by atoms with E-state index in [1.165, 1.54) is 0 Å². The van der Waals surface area contributed by atoms with E-state index in [-0.39, 0.29) is 6.61 Å². The lowest BCUT2D eigenvalue weighted by molar-refractivity contribution is -0.139. The van der Waals surface area contributed by atoms with Crippen LogP contribution < -0.4 is 9.47 Å².